The first-order valence-corrected chi connectivity index (χ1v) is 5.89. The average molecular weight is 258 g/mol. The summed E-state index contributed by atoms with van der Waals surface area (Å²) in [7, 11) is 0. The molecule has 17 heavy (non-hydrogen) atoms. The fourth-order valence-electron chi connectivity index (χ4n) is 1.13. The SMILES string of the molecule is Nc1nc(CCCNC(=O)NCC(=O)O)cs1. The Morgan fingerprint density at radius 3 is 2.82 bits per heavy atom. The van der Waals surface area contributed by atoms with E-state index in [9.17, 15) is 9.59 Å². The molecule has 5 N–H and O–H groups in total. The second-order valence-electron chi connectivity index (χ2n) is 3.28. The number of amides is 2. The third-order valence-electron chi connectivity index (χ3n) is 1.86. The van der Waals surface area contributed by atoms with Crippen LogP contribution in [0.25, 0.3) is 0 Å². The first-order valence-electron chi connectivity index (χ1n) is 5.01. The van der Waals surface area contributed by atoms with E-state index in [1.54, 1.807) is 0 Å². The van der Waals surface area contributed by atoms with Crippen LogP contribution in [0.2, 0.25) is 0 Å². The minimum atomic E-state index is -1.07. The molecule has 8 heteroatoms. The van der Waals surface area contributed by atoms with E-state index < -0.39 is 12.0 Å². The van der Waals surface area contributed by atoms with Crippen LogP contribution in [0, 0.1) is 0 Å². The summed E-state index contributed by atoms with van der Waals surface area (Å²) in [6, 6.07) is -0.481. The molecule has 0 unspecified atom stereocenters. The van der Waals surface area contributed by atoms with Gasteiger partial charge in [-0.2, -0.15) is 0 Å². The number of carboxylic acids is 1. The standard InChI is InChI=1S/C9H14N4O3S/c10-8-13-6(5-17-8)2-1-3-11-9(16)12-4-7(14)15/h5H,1-4H2,(H2,10,13)(H,14,15)(H2,11,12,16). The van der Waals surface area contributed by atoms with Crippen molar-refractivity contribution in [1.82, 2.24) is 15.6 Å². The number of urea groups is 1. The molecular weight excluding hydrogens is 244 g/mol. The smallest absolute Gasteiger partial charge is 0.323 e. The van der Waals surface area contributed by atoms with Gasteiger partial charge in [-0.15, -0.1) is 11.3 Å². The number of anilines is 1. The number of carbonyl (C=O) groups is 2. The lowest BCUT2D eigenvalue weighted by Gasteiger charge is -2.04. The van der Waals surface area contributed by atoms with Gasteiger partial charge in [-0.1, -0.05) is 0 Å². The number of aryl methyl sites for hydroxylation is 1. The number of hydrogen-bond acceptors (Lipinski definition) is 5. The maximum absolute atomic E-state index is 11.0. The predicted molar refractivity (Wildman–Crippen MR) is 63.9 cm³/mol. The van der Waals surface area contributed by atoms with E-state index in [1.165, 1.54) is 11.3 Å². The number of nitrogens with zero attached hydrogens (tertiary/aromatic N) is 1. The Labute approximate surface area is 102 Å². The topological polar surface area (TPSA) is 117 Å². The molecular formula is C9H14N4O3S. The highest BCUT2D eigenvalue weighted by Gasteiger charge is 2.03. The van der Waals surface area contributed by atoms with Crippen molar-refractivity contribution < 1.29 is 14.7 Å². The summed E-state index contributed by atoms with van der Waals surface area (Å²) in [5.74, 6) is -1.07. The van der Waals surface area contributed by atoms with Crippen molar-refractivity contribution in [2.24, 2.45) is 0 Å². The summed E-state index contributed by atoms with van der Waals surface area (Å²) in [5, 5.41) is 15.5. The Kier molecular flexibility index (Phi) is 5.21. The Balaban J connectivity index is 2.07. The highest BCUT2D eigenvalue weighted by molar-refractivity contribution is 7.13. The van der Waals surface area contributed by atoms with Gasteiger partial charge in [0.05, 0.1) is 5.69 Å². The molecule has 7 nitrogen and oxygen atoms in total. The number of carboxylic acid groups (broad SMARTS) is 1. The number of nitrogens with one attached hydrogen (secondary N) is 2. The van der Waals surface area contributed by atoms with Crippen molar-refractivity contribution in [1.29, 1.82) is 0 Å². The van der Waals surface area contributed by atoms with E-state index in [-0.39, 0.29) is 6.54 Å². The second kappa shape index (κ2) is 6.69. The second-order valence-corrected chi connectivity index (χ2v) is 4.17. The summed E-state index contributed by atoms with van der Waals surface area (Å²) in [6.45, 7) is 0.0807. The van der Waals surface area contributed by atoms with Gasteiger partial charge in [0, 0.05) is 11.9 Å². The Morgan fingerprint density at radius 1 is 1.47 bits per heavy atom. The lowest BCUT2D eigenvalue weighted by atomic mass is 10.2. The zero-order valence-corrected chi connectivity index (χ0v) is 9.92. The van der Waals surface area contributed by atoms with Gasteiger partial charge in [-0.25, -0.2) is 9.78 Å². The average Bonchev–Trinajstić information content (AvgIpc) is 2.68. The lowest BCUT2D eigenvalue weighted by Crippen LogP contribution is -2.38. The highest BCUT2D eigenvalue weighted by Crippen LogP contribution is 2.11. The molecule has 1 aromatic heterocycles. The molecule has 2 amide bonds. The maximum atomic E-state index is 11.0. The molecule has 0 radical (unpaired) electrons. The normalized spacial score (nSPS) is 9.88. The van der Waals surface area contributed by atoms with Crippen LogP contribution in [0.15, 0.2) is 5.38 Å². The number of aliphatic carboxylic acids is 1. The van der Waals surface area contributed by atoms with Gasteiger partial charge in [0.1, 0.15) is 6.54 Å². The molecule has 1 aromatic rings. The summed E-state index contributed by atoms with van der Waals surface area (Å²) < 4.78 is 0. The summed E-state index contributed by atoms with van der Waals surface area (Å²) >= 11 is 1.38. The number of hydrogen-bond donors (Lipinski definition) is 4. The van der Waals surface area contributed by atoms with Crippen molar-refractivity contribution in [3.63, 3.8) is 0 Å². The van der Waals surface area contributed by atoms with Crippen LogP contribution in [-0.4, -0.2) is 35.2 Å². The van der Waals surface area contributed by atoms with Crippen LogP contribution in [0.3, 0.4) is 0 Å². The van der Waals surface area contributed by atoms with Gasteiger partial charge in [-0.05, 0) is 12.8 Å². The monoisotopic (exact) mass is 258 g/mol. The molecule has 1 heterocycles. The minimum absolute atomic E-state index is 0.381. The first-order chi connectivity index (χ1) is 8.08. The highest BCUT2D eigenvalue weighted by atomic mass is 32.1. The van der Waals surface area contributed by atoms with Crippen molar-refractivity contribution in [2.45, 2.75) is 12.8 Å². The molecule has 0 atom stereocenters. The zero-order valence-electron chi connectivity index (χ0n) is 9.10. The van der Waals surface area contributed by atoms with E-state index in [1.807, 2.05) is 5.38 Å². The number of thiazole rings is 1. The fraction of sp³-hybridized carbons (Fsp3) is 0.444. The maximum Gasteiger partial charge on any atom is 0.323 e. The summed E-state index contributed by atoms with van der Waals surface area (Å²) in [5.41, 5.74) is 6.37. The Hall–Kier alpha value is -1.83. The number of carbonyl (C=O) groups excluding carboxylic acids is 1. The third kappa shape index (κ3) is 5.71. The van der Waals surface area contributed by atoms with Crippen LogP contribution in [0.5, 0.6) is 0 Å². The van der Waals surface area contributed by atoms with E-state index in [4.69, 9.17) is 10.8 Å². The molecule has 0 aliphatic rings. The molecule has 0 fully saturated rings. The molecule has 0 aliphatic heterocycles. The van der Waals surface area contributed by atoms with E-state index in [0.29, 0.717) is 11.7 Å². The summed E-state index contributed by atoms with van der Waals surface area (Å²) in [4.78, 5) is 25.3. The summed E-state index contributed by atoms with van der Waals surface area (Å²) in [6.07, 6.45) is 1.45. The number of aromatic nitrogens is 1. The van der Waals surface area contributed by atoms with Gasteiger partial charge in [0.25, 0.3) is 0 Å². The van der Waals surface area contributed by atoms with Crippen LogP contribution >= 0.6 is 11.3 Å². The molecule has 0 aromatic carbocycles. The first kappa shape index (κ1) is 13.2. The van der Waals surface area contributed by atoms with Crippen LogP contribution in [0.4, 0.5) is 9.93 Å². The zero-order chi connectivity index (χ0) is 12.7. The van der Waals surface area contributed by atoms with Crippen LogP contribution < -0.4 is 16.4 Å². The van der Waals surface area contributed by atoms with E-state index >= 15 is 0 Å². The molecule has 0 spiro atoms. The van der Waals surface area contributed by atoms with Gasteiger partial charge in [0.15, 0.2) is 5.13 Å². The molecule has 0 bridgehead atoms. The van der Waals surface area contributed by atoms with E-state index in [0.717, 1.165) is 18.5 Å². The van der Waals surface area contributed by atoms with Crippen molar-refractivity contribution in [2.75, 3.05) is 18.8 Å². The molecule has 94 valence electrons. The van der Waals surface area contributed by atoms with Crippen LogP contribution in [-0.2, 0) is 11.2 Å². The number of nitrogen functional groups attached to an aromatic ring is 1. The van der Waals surface area contributed by atoms with Crippen LogP contribution in [0.1, 0.15) is 12.1 Å². The molecule has 0 saturated heterocycles. The number of rotatable bonds is 6. The van der Waals surface area contributed by atoms with Crippen molar-refractivity contribution in [3.05, 3.63) is 11.1 Å². The Bertz CT molecular complexity index is 393. The predicted octanol–water partition coefficient (Wildman–Crippen LogP) is 0.0417. The van der Waals surface area contributed by atoms with Crippen molar-refractivity contribution >= 4 is 28.5 Å². The molecule has 0 saturated carbocycles. The van der Waals surface area contributed by atoms with Crippen molar-refractivity contribution in [3.8, 4) is 0 Å². The van der Waals surface area contributed by atoms with Gasteiger partial charge < -0.3 is 21.5 Å². The van der Waals surface area contributed by atoms with E-state index in [2.05, 4.69) is 15.6 Å². The quantitative estimate of drug-likeness (QED) is 0.537. The van der Waals surface area contributed by atoms with Gasteiger partial charge in [0.2, 0.25) is 0 Å². The fourth-order valence-corrected chi connectivity index (χ4v) is 1.72. The third-order valence-corrected chi connectivity index (χ3v) is 2.59. The van der Waals surface area contributed by atoms with Gasteiger partial charge >= 0.3 is 12.0 Å². The lowest BCUT2D eigenvalue weighted by molar-refractivity contribution is -0.135. The van der Waals surface area contributed by atoms with Gasteiger partial charge in [-0.3, -0.25) is 4.79 Å². The largest absolute Gasteiger partial charge is 0.480 e. The molecule has 0 aliphatic carbocycles. The Morgan fingerprint density at radius 2 is 2.24 bits per heavy atom. The minimum Gasteiger partial charge on any atom is -0.480 e. The molecule has 1 rings (SSSR count). The number of nitrogens with two attached hydrogens (primary N) is 1.